The normalized spacial score (nSPS) is 9.79. The molecule has 0 unspecified atom stereocenters. The van der Waals surface area contributed by atoms with Gasteiger partial charge in [0.05, 0.1) is 6.42 Å². The van der Waals surface area contributed by atoms with E-state index < -0.39 is 0 Å². The number of benzene rings is 1. The Balaban J connectivity index is 2.47. The van der Waals surface area contributed by atoms with Crippen molar-refractivity contribution in [1.82, 2.24) is 5.32 Å². The molecule has 0 atom stereocenters. The third-order valence-electron chi connectivity index (χ3n) is 1.78. The molecular formula is C10H15N3O. The molecule has 14 heavy (non-hydrogen) atoms. The Morgan fingerprint density at radius 3 is 2.86 bits per heavy atom. The minimum Gasteiger partial charge on any atom is -0.399 e. The minimum absolute atomic E-state index is 0.0268. The summed E-state index contributed by atoms with van der Waals surface area (Å²) in [5.74, 6) is -0.0268. The number of hydrogen-bond donors (Lipinski definition) is 3. The van der Waals surface area contributed by atoms with Crippen molar-refractivity contribution >= 4 is 11.6 Å². The van der Waals surface area contributed by atoms with E-state index in [-0.39, 0.29) is 5.91 Å². The molecule has 1 rings (SSSR count). The van der Waals surface area contributed by atoms with Crippen molar-refractivity contribution < 1.29 is 4.79 Å². The maximum atomic E-state index is 11.3. The van der Waals surface area contributed by atoms with Crippen LogP contribution in [0.15, 0.2) is 24.3 Å². The number of nitrogen functional groups attached to an aromatic ring is 1. The van der Waals surface area contributed by atoms with E-state index in [1.165, 1.54) is 0 Å². The number of nitrogens with one attached hydrogen (secondary N) is 1. The predicted molar refractivity (Wildman–Crippen MR) is 56.6 cm³/mol. The lowest BCUT2D eigenvalue weighted by Gasteiger charge is -2.03. The van der Waals surface area contributed by atoms with Crippen molar-refractivity contribution in [2.45, 2.75) is 6.42 Å². The maximum absolute atomic E-state index is 11.3. The Bertz CT molecular complexity index is 312. The zero-order valence-electron chi connectivity index (χ0n) is 7.99. The van der Waals surface area contributed by atoms with Gasteiger partial charge in [0.25, 0.3) is 0 Å². The molecule has 0 bridgehead atoms. The van der Waals surface area contributed by atoms with Crippen LogP contribution in [0.5, 0.6) is 0 Å². The summed E-state index contributed by atoms with van der Waals surface area (Å²) in [6.45, 7) is 0.976. The fourth-order valence-corrected chi connectivity index (χ4v) is 1.16. The highest BCUT2D eigenvalue weighted by Crippen LogP contribution is 2.06. The summed E-state index contributed by atoms with van der Waals surface area (Å²) in [5, 5.41) is 2.70. The predicted octanol–water partition coefficient (Wildman–Crippen LogP) is -0.114. The molecule has 4 nitrogen and oxygen atoms in total. The average Bonchev–Trinajstić information content (AvgIpc) is 2.15. The average molecular weight is 193 g/mol. The number of nitrogens with two attached hydrogens (primary N) is 2. The van der Waals surface area contributed by atoms with Crippen LogP contribution in [0.25, 0.3) is 0 Å². The van der Waals surface area contributed by atoms with Gasteiger partial charge in [-0.2, -0.15) is 0 Å². The number of amides is 1. The molecule has 0 aromatic heterocycles. The first kappa shape index (κ1) is 10.5. The number of rotatable bonds is 4. The third-order valence-corrected chi connectivity index (χ3v) is 1.78. The lowest BCUT2D eigenvalue weighted by molar-refractivity contribution is -0.120. The topological polar surface area (TPSA) is 81.1 Å². The van der Waals surface area contributed by atoms with Crippen molar-refractivity contribution in [2.75, 3.05) is 18.8 Å². The first-order valence-electron chi connectivity index (χ1n) is 4.53. The lowest BCUT2D eigenvalue weighted by Crippen LogP contribution is -2.30. The number of carbonyl (C=O) groups excluding carboxylic acids is 1. The second kappa shape index (κ2) is 5.24. The zero-order valence-corrected chi connectivity index (χ0v) is 7.99. The van der Waals surface area contributed by atoms with E-state index in [0.717, 1.165) is 5.56 Å². The van der Waals surface area contributed by atoms with Gasteiger partial charge < -0.3 is 16.8 Å². The summed E-state index contributed by atoms with van der Waals surface area (Å²) in [6, 6.07) is 7.29. The second-order valence-corrected chi connectivity index (χ2v) is 3.06. The molecule has 0 saturated heterocycles. The molecule has 5 N–H and O–H groups in total. The molecule has 1 amide bonds. The number of anilines is 1. The van der Waals surface area contributed by atoms with E-state index in [1.54, 1.807) is 12.1 Å². The Kier molecular flexibility index (Phi) is 3.94. The highest BCUT2D eigenvalue weighted by atomic mass is 16.1. The fraction of sp³-hybridized carbons (Fsp3) is 0.300. The SMILES string of the molecule is NCCNC(=O)Cc1cccc(N)c1. The van der Waals surface area contributed by atoms with E-state index in [0.29, 0.717) is 25.2 Å². The summed E-state index contributed by atoms with van der Waals surface area (Å²) < 4.78 is 0. The Morgan fingerprint density at radius 2 is 2.21 bits per heavy atom. The van der Waals surface area contributed by atoms with E-state index in [1.807, 2.05) is 12.1 Å². The maximum Gasteiger partial charge on any atom is 0.224 e. The summed E-state index contributed by atoms with van der Waals surface area (Å²) in [4.78, 5) is 11.3. The highest BCUT2D eigenvalue weighted by molar-refractivity contribution is 5.78. The molecule has 0 spiro atoms. The molecule has 1 aromatic carbocycles. The minimum atomic E-state index is -0.0268. The summed E-state index contributed by atoms with van der Waals surface area (Å²) in [6.07, 6.45) is 0.352. The van der Waals surface area contributed by atoms with Crippen molar-refractivity contribution in [3.8, 4) is 0 Å². The molecule has 1 aromatic rings. The van der Waals surface area contributed by atoms with Crippen LogP contribution >= 0.6 is 0 Å². The van der Waals surface area contributed by atoms with E-state index in [4.69, 9.17) is 11.5 Å². The second-order valence-electron chi connectivity index (χ2n) is 3.06. The van der Waals surface area contributed by atoms with Crippen molar-refractivity contribution in [1.29, 1.82) is 0 Å². The molecule has 0 aliphatic rings. The number of hydrogen-bond acceptors (Lipinski definition) is 3. The standard InChI is InChI=1S/C10H15N3O/c11-4-5-13-10(14)7-8-2-1-3-9(12)6-8/h1-3,6H,4-5,7,11-12H2,(H,13,14). The van der Waals surface area contributed by atoms with Crippen LogP contribution in [0.3, 0.4) is 0 Å². The largest absolute Gasteiger partial charge is 0.399 e. The Hall–Kier alpha value is -1.55. The van der Waals surface area contributed by atoms with Gasteiger partial charge in [-0.3, -0.25) is 4.79 Å². The van der Waals surface area contributed by atoms with Gasteiger partial charge in [0.15, 0.2) is 0 Å². The molecule has 0 aliphatic carbocycles. The van der Waals surface area contributed by atoms with Crippen LogP contribution in [0, 0.1) is 0 Å². The molecular weight excluding hydrogens is 178 g/mol. The van der Waals surface area contributed by atoms with Crippen molar-refractivity contribution in [3.05, 3.63) is 29.8 Å². The summed E-state index contributed by atoms with van der Waals surface area (Å²) >= 11 is 0. The van der Waals surface area contributed by atoms with E-state index >= 15 is 0 Å². The van der Waals surface area contributed by atoms with Gasteiger partial charge in [0.1, 0.15) is 0 Å². The first-order valence-corrected chi connectivity index (χ1v) is 4.53. The number of carbonyl (C=O) groups is 1. The Morgan fingerprint density at radius 1 is 1.43 bits per heavy atom. The Labute approximate surface area is 83.3 Å². The van der Waals surface area contributed by atoms with Gasteiger partial charge >= 0.3 is 0 Å². The highest BCUT2D eigenvalue weighted by Gasteiger charge is 2.01. The van der Waals surface area contributed by atoms with E-state index in [2.05, 4.69) is 5.32 Å². The molecule has 4 heteroatoms. The van der Waals surface area contributed by atoms with Gasteiger partial charge in [0, 0.05) is 18.8 Å². The van der Waals surface area contributed by atoms with Gasteiger partial charge in [-0.15, -0.1) is 0 Å². The molecule has 0 aliphatic heterocycles. The molecule has 0 fully saturated rings. The molecule has 0 heterocycles. The first-order chi connectivity index (χ1) is 6.72. The van der Waals surface area contributed by atoms with E-state index in [9.17, 15) is 4.79 Å². The van der Waals surface area contributed by atoms with Crippen LogP contribution in [-0.4, -0.2) is 19.0 Å². The molecule has 0 radical (unpaired) electrons. The van der Waals surface area contributed by atoms with Crippen LogP contribution in [-0.2, 0) is 11.2 Å². The van der Waals surface area contributed by atoms with Crippen molar-refractivity contribution in [2.24, 2.45) is 5.73 Å². The molecule has 0 saturated carbocycles. The van der Waals surface area contributed by atoms with Crippen molar-refractivity contribution in [3.63, 3.8) is 0 Å². The smallest absolute Gasteiger partial charge is 0.224 e. The van der Waals surface area contributed by atoms with Gasteiger partial charge in [0.2, 0.25) is 5.91 Å². The van der Waals surface area contributed by atoms with Crippen LogP contribution < -0.4 is 16.8 Å². The van der Waals surface area contributed by atoms with Crippen LogP contribution in [0.1, 0.15) is 5.56 Å². The fourth-order valence-electron chi connectivity index (χ4n) is 1.16. The van der Waals surface area contributed by atoms with Crippen LogP contribution in [0.4, 0.5) is 5.69 Å². The summed E-state index contributed by atoms with van der Waals surface area (Å²) in [5.41, 5.74) is 12.4. The van der Waals surface area contributed by atoms with Gasteiger partial charge in [-0.1, -0.05) is 12.1 Å². The zero-order chi connectivity index (χ0) is 10.4. The molecule has 76 valence electrons. The van der Waals surface area contributed by atoms with Crippen LogP contribution in [0.2, 0.25) is 0 Å². The van der Waals surface area contributed by atoms with Gasteiger partial charge in [-0.25, -0.2) is 0 Å². The quantitative estimate of drug-likeness (QED) is 0.583. The third kappa shape index (κ3) is 3.45. The van der Waals surface area contributed by atoms with Gasteiger partial charge in [-0.05, 0) is 17.7 Å². The summed E-state index contributed by atoms with van der Waals surface area (Å²) in [7, 11) is 0. The lowest BCUT2D eigenvalue weighted by atomic mass is 10.1. The monoisotopic (exact) mass is 193 g/mol.